The highest BCUT2D eigenvalue weighted by molar-refractivity contribution is 5.88. The van der Waals surface area contributed by atoms with Crippen molar-refractivity contribution in [2.75, 3.05) is 0 Å². The minimum Gasteiger partial charge on any atom is -0.289 e. The first-order chi connectivity index (χ1) is 11.5. The molecule has 1 aromatic heterocycles. The number of nitrogens with zero attached hydrogens (tertiary/aromatic N) is 1. The molecular weight excluding hydrogens is 314 g/mol. The lowest BCUT2D eigenvalue weighted by Gasteiger charge is -2.29. The quantitative estimate of drug-likeness (QED) is 0.669. The summed E-state index contributed by atoms with van der Waals surface area (Å²) in [5.74, 6) is -1.43. The zero-order valence-corrected chi connectivity index (χ0v) is 13.2. The molecule has 3 rings (SSSR count). The average Bonchev–Trinajstić information content (AvgIpc) is 3.03. The van der Waals surface area contributed by atoms with E-state index >= 15 is 0 Å². The van der Waals surface area contributed by atoms with Gasteiger partial charge in [-0.15, -0.1) is 0 Å². The average molecular weight is 332 g/mol. The largest absolute Gasteiger partial charge is 0.289 e. The number of hydrogen-bond donors (Lipinski definition) is 2. The molecule has 0 saturated heterocycles. The number of hydrogen-bond acceptors (Lipinski definition) is 3. The van der Waals surface area contributed by atoms with Crippen molar-refractivity contribution in [2.45, 2.75) is 37.5 Å². The fraction of sp³-hybridized carbons (Fsp3) is 0.333. The Morgan fingerprint density at radius 3 is 2.79 bits per heavy atom. The first-order valence-electron chi connectivity index (χ1n) is 7.79. The Balaban J connectivity index is 2.01. The van der Waals surface area contributed by atoms with E-state index in [1.54, 1.807) is 30.6 Å². The third-order valence-corrected chi connectivity index (χ3v) is 5.00. The molecule has 1 saturated carbocycles. The Hall–Kier alpha value is -2.34. The molecule has 0 radical (unpaired) electrons. The lowest BCUT2D eigenvalue weighted by atomic mass is 9.75. The van der Waals surface area contributed by atoms with Crippen LogP contribution in [0.2, 0.25) is 0 Å². The Morgan fingerprint density at radius 1 is 1.33 bits per heavy atom. The summed E-state index contributed by atoms with van der Waals surface area (Å²) in [5, 5.41) is 9.22. The maximum atomic E-state index is 14.0. The van der Waals surface area contributed by atoms with Gasteiger partial charge in [0.1, 0.15) is 11.6 Å². The van der Waals surface area contributed by atoms with Crippen LogP contribution >= 0.6 is 0 Å². The number of nitrogens with one attached hydrogen (secondary N) is 1. The highest BCUT2D eigenvalue weighted by Crippen LogP contribution is 2.49. The number of amides is 1. The van der Waals surface area contributed by atoms with Gasteiger partial charge in [-0.2, -0.15) is 0 Å². The van der Waals surface area contributed by atoms with Gasteiger partial charge in [-0.25, -0.2) is 14.3 Å². The van der Waals surface area contributed by atoms with E-state index in [4.69, 9.17) is 0 Å². The molecule has 1 heterocycles. The lowest BCUT2D eigenvalue weighted by Crippen LogP contribution is -2.42. The molecule has 6 heteroatoms. The number of aromatic nitrogens is 1. The fourth-order valence-corrected chi connectivity index (χ4v) is 3.73. The SMILES string of the molecule is Cc1c(F)cccc1C1(C(=O)NO)CCC(c2ccc(F)cn2)C1. The van der Waals surface area contributed by atoms with Gasteiger partial charge in [0.25, 0.3) is 5.91 Å². The zero-order valence-electron chi connectivity index (χ0n) is 13.2. The number of hydroxylamine groups is 1. The van der Waals surface area contributed by atoms with E-state index in [9.17, 15) is 18.8 Å². The van der Waals surface area contributed by atoms with Crippen LogP contribution in [0.25, 0.3) is 0 Å². The molecule has 1 amide bonds. The van der Waals surface area contributed by atoms with Crippen molar-refractivity contribution in [1.29, 1.82) is 0 Å². The molecule has 1 fully saturated rings. The summed E-state index contributed by atoms with van der Waals surface area (Å²) < 4.78 is 27.1. The van der Waals surface area contributed by atoms with E-state index in [2.05, 4.69) is 4.98 Å². The number of carbonyl (C=O) groups is 1. The summed E-state index contributed by atoms with van der Waals surface area (Å²) >= 11 is 0. The Bertz CT molecular complexity index is 764. The smallest absolute Gasteiger partial charge is 0.254 e. The minimum absolute atomic E-state index is 0.0643. The zero-order chi connectivity index (χ0) is 17.3. The number of pyridine rings is 1. The predicted molar refractivity (Wildman–Crippen MR) is 83.5 cm³/mol. The molecule has 0 aliphatic heterocycles. The number of benzene rings is 1. The molecule has 24 heavy (non-hydrogen) atoms. The normalized spacial score (nSPS) is 23.2. The summed E-state index contributed by atoms with van der Waals surface area (Å²) in [5.41, 5.74) is 2.36. The summed E-state index contributed by atoms with van der Waals surface area (Å²) in [6.07, 6.45) is 2.62. The topological polar surface area (TPSA) is 62.2 Å². The number of carbonyl (C=O) groups excluding carboxylic acids is 1. The second kappa shape index (κ2) is 6.28. The molecule has 2 N–H and O–H groups in total. The van der Waals surface area contributed by atoms with Crippen molar-refractivity contribution in [3.63, 3.8) is 0 Å². The van der Waals surface area contributed by atoms with Gasteiger partial charge in [-0.05, 0) is 55.5 Å². The minimum atomic E-state index is -1.03. The van der Waals surface area contributed by atoms with E-state index in [1.807, 2.05) is 0 Å². The van der Waals surface area contributed by atoms with Crippen molar-refractivity contribution >= 4 is 5.91 Å². The van der Waals surface area contributed by atoms with Crippen LogP contribution in [0.1, 0.15) is 42.0 Å². The standard InChI is InChI=1S/C18H18F2N2O2/c1-11-14(3-2-4-15(11)20)18(17(23)22-24)8-7-12(9-18)16-6-5-13(19)10-21-16/h2-6,10,12,24H,7-9H2,1H3,(H,22,23). The number of halogens is 2. The van der Waals surface area contributed by atoms with Crippen molar-refractivity contribution in [3.8, 4) is 0 Å². The number of rotatable bonds is 3. The van der Waals surface area contributed by atoms with E-state index in [1.165, 1.54) is 12.1 Å². The van der Waals surface area contributed by atoms with Gasteiger partial charge < -0.3 is 0 Å². The predicted octanol–water partition coefficient (Wildman–Crippen LogP) is 3.38. The third kappa shape index (κ3) is 2.67. The third-order valence-electron chi connectivity index (χ3n) is 5.00. The second-order valence-corrected chi connectivity index (χ2v) is 6.28. The summed E-state index contributed by atoms with van der Waals surface area (Å²) in [6.45, 7) is 1.63. The molecule has 2 aromatic rings. The first-order valence-corrected chi connectivity index (χ1v) is 7.79. The molecular formula is C18H18F2N2O2. The van der Waals surface area contributed by atoms with E-state index in [0.717, 1.165) is 6.20 Å². The highest BCUT2D eigenvalue weighted by Gasteiger charge is 2.48. The van der Waals surface area contributed by atoms with Crippen LogP contribution in [0.15, 0.2) is 36.5 Å². The maximum Gasteiger partial charge on any atom is 0.254 e. The Labute approximate surface area is 138 Å². The summed E-state index contributed by atoms with van der Waals surface area (Å²) in [6, 6.07) is 7.56. The Morgan fingerprint density at radius 2 is 2.12 bits per heavy atom. The monoisotopic (exact) mass is 332 g/mol. The van der Waals surface area contributed by atoms with E-state index < -0.39 is 17.1 Å². The van der Waals surface area contributed by atoms with Gasteiger partial charge in [-0.3, -0.25) is 15.0 Å². The van der Waals surface area contributed by atoms with Gasteiger partial charge in [-0.1, -0.05) is 12.1 Å². The maximum absolute atomic E-state index is 14.0. The van der Waals surface area contributed by atoms with Crippen LogP contribution in [-0.2, 0) is 10.2 Å². The van der Waals surface area contributed by atoms with E-state index in [0.29, 0.717) is 36.1 Å². The second-order valence-electron chi connectivity index (χ2n) is 6.28. The van der Waals surface area contributed by atoms with Gasteiger partial charge >= 0.3 is 0 Å². The van der Waals surface area contributed by atoms with Crippen molar-refractivity contribution in [2.24, 2.45) is 0 Å². The molecule has 2 unspecified atom stereocenters. The van der Waals surface area contributed by atoms with Crippen molar-refractivity contribution in [3.05, 3.63) is 65.0 Å². The lowest BCUT2D eigenvalue weighted by molar-refractivity contribution is -0.135. The molecule has 0 bridgehead atoms. The van der Waals surface area contributed by atoms with Crippen molar-refractivity contribution in [1.82, 2.24) is 10.5 Å². The van der Waals surface area contributed by atoms with Gasteiger partial charge in [0, 0.05) is 11.6 Å². The molecule has 1 aromatic carbocycles. The van der Waals surface area contributed by atoms with Crippen LogP contribution in [0.3, 0.4) is 0 Å². The van der Waals surface area contributed by atoms with Crippen LogP contribution in [-0.4, -0.2) is 16.1 Å². The van der Waals surface area contributed by atoms with Crippen LogP contribution < -0.4 is 5.48 Å². The summed E-state index contributed by atoms with van der Waals surface area (Å²) in [4.78, 5) is 16.6. The van der Waals surface area contributed by atoms with Crippen LogP contribution in [0.5, 0.6) is 0 Å². The molecule has 4 nitrogen and oxygen atoms in total. The van der Waals surface area contributed by atoms with E-state index in [-0.39, 0.29) is 11.7 Å². The van der Waals surface area contributed by atoms with Gasteiger partial charge in [0.05, 0.1) is 11.6 Å². The summed E-state index contributed by atoms with van der Waals surface area (Å²) in [7, 11) is 0. The first kappa shape index (κ1) is 16.5. The molecule has 2 atom stereocenters. The van der Waals surface area contributed by atoms with Crippen molar-refractivity contribution < 1.29 is 18.8 Å². The fourth-order valence-electron chi connectivity index (χ4n) is 3.73. The van der Waals surface area contributed by atoms with Crippen LogP contribution in [0.4, 0.5) is 8.78 Å². The van der Waals surface area contributed by atoms with Crippen LogP contribution in [0, 0.1) is 18.6 Å². The van der Waals surface area contributed by atoms with Gasteiger partial charge in [0.15, 0.2) is 0 Å². The molecule has 1 aliphatic carbocycles. The highest BCUT2D eigenvalue weighted by atomic mass is 19.1. The molecule has 1 aliphatic rings. The Kier molecular flexibility index (Phi) is 4.32. The van der Waals surface area contributed by atoms with Gasteiger partial charge in [0.2, 0.25) is 0 Å². The molecule has 126 valence electrons. The molecule has 0 spiro atoms.